The highest BCUT2D eigenvalue weighted by atomic mass is 35.5. The SMILES string of the molecule is COc1ccc(/C=N/Nc2ccc(-c3ccc(Cl)cc3)nn2)cc1. The lowest BCUT2D eigenvalue weighted by molar-refractivity contribution is 0.415. The molecule has 5 nitrogen and oxygen atoms in total. The predicted octanol–water partition coefficient (Wildman–Crippen LogP) is 4.25. The van der Waals surface area contributed by atoms with Crippen molar-refractivity contribution in [3.8, 4) is 17.0 Å². The van der Waals surface area contributed by atoms with E-state index in [1.165, 1.54) is 0 Å². The lowest BCUT2D eigenvalue weighted by Crippen LogP contribution is -1.96. The van der Waals surface area contributed by atoms with Crippen molar-refractivity contribution in [2.75, 3.05) is 12.5 Å². The molecule has 0 saturated carbocycles. The normalized spacial score (nSPS) is 10.8. The van der Waals surface area contributed by atoms with Gasteiger partial charge in [-0.05, 0) is 54.1 Å². The van der Waals surface area contributed by atoms with E-state index in [2.05, 4.69) is 20.7 Å². The number of aromatic nitrogens is 2. The van der Waals surface area contributed by atoms with Gasteiger partial charge in [0, 0.05) is 10.6 Å². The van der Waals surface area contributed by atoms with Crippen molar-refractivity contribution in [2.24, 2.45) is 5.10 Å². The highest BCUT2D eigenvalue weighted by Crippen LogP contribution is 2.19. The zero-order valence-electron chi connectivity index (χ0n) is 13.0. The predicted molar refractivity (Wildman–Crippen MR) is 96.7 cm³/mol. The molecule has 24 heavy (non-hydrogen) atoms. The van der Waals surface area contributed by atoms with Gasteiger partial charge < -0.3 is 4.74 Å². The summed E-state index contributed by atoms with van der Waals surface area (Å²) in [6, 6.07) is 18.7. The van der Waals surface area contributed by atoms with Crippen LogP contribution in [-0.4, -0.2) is 23.5 Å². The molecule has 0 amide bonds. The van der Waals surface area contributed by atoms with E-state index in [1.54, 1.807) is 13.3 Å². The number of hydrazone groups is 1. The fourth-order valence-electron chi connectivity index (χ4n) is 2.03. The average molecular weight is 339 g/mol. The van der Waals surface area contributed by atoms with Crippen molar-refractivity contribution in [1.29, 1.82) is 0 Å². The Balaban J connectivity index is 1.63. The molecule has 0 aliphatic carbocycles. The molecule has 0 unspecified atom stereocenters. The minimum atomic E-state index is 0.567. The maximum Gasteiger partial charge on any atom is 0.168 e. The number of anilines is 1. The average Bonchev–Trinajstić information content (AvgIpc) is 2.64. The molecule has 0 radical (unpaired) electrons. The van der Waals surface area contributed by atoms with Gasteiger partial charge in [0.2, 0.25) is 0 Å². The molecule has 1 N–H and O–H groups in total. The first-order valence-electron chi connectivity index (χ1n) is 7.27. The number of methoxy groups -OCH3 is 1. The van der Waals surface area contributed by atoms with Gasteiger partial charge in [-0.3, -0.25) is 5.43 Å². The van der Waals surface area contributed by atoms with E-state index < -0.39 is 0 Å². The summed E-state index contributed by atoms with van der Waals surface area (Å²) in [7, 11) is 1.64. The summed E-state index contributed by atoms with van der Waals surface area (Å²) in [4.78, 5) is 0. The van der Waals surface area contributed by atoms with Gasteiger partial charge in [0.05, 0.1) is 19.0 Å². The second kappa shape index (κ2) is 7.57. The fourth-order valence-corrected chi connectivity index (χ4v) is 2.16. The Kier molecular flexibility index (Phi) is 5.03. The number of benzene rings is 2. The lowest BCUT2D eigenvalue weighted by atomic mass is 10.1. The molecule has 6 heteroatoms. The van der Waals surface area contributed by atoms with E-state index in [4.69, 9.17) is 16.3 Å². The van der Waals surface area contributed by atoms with E-state index in [0.29, 0.717) is 10.8 Å². The van der Waals surface area contributed by atoms with Crippen molar-refractivity contribution in [3.05, 3.63) is 71.2 Å². The van der Waals surface area contributed by atoms with Crippen molar-refractivity contribution >= 4 is 23.6 Å². The molecule has 0 atom stereocenters. The Labute approximate surface area is 145 Å². The Morgan fingerprint density at radius 1 is 0.958 bits per heavy atom. The molecule has 1 aromatic heterocycles. The number of nitrogens with zero attached hydrogens (tertiary/aromatic N) is 3. The van der Waals surface area contributed by atoms with E-state index in [9.17, 15) is 0 Å². The van der Waals surface area contributed by atoms with E-state index in [1.807, 2.05) is 60.7 Å². The summed E-state index contributed by atoms with van der Waals surface area (Å²) in [6.07, 6.45) is 1.70. The molecule has 3 aromatic rings. The van der Waals surface area contributed by atoms with Gasteiger partial charge >= 0.3 is 0 Å². The fraction of sp³-hybridized carbons (Fsp3) is 0.0556. The molecule has 1 heterocycles. The van der Waals surface area contributed by atoms with Gasteiger partial charge in [-0.25, -0.2) is 0 Å². The largest absolute Gasteiger partial charge is 0.497 e. The standard InChI is InChI=1S/C18H15ClN4O/c1-24-16-8-2-13(3-9-16)12-20-22-18-11-10-17(21-23-18)14-4-6-15(19)7-5-14/h2-12H,1H3,(H,22,23)/b20-12+. The molecular weight excluding hydrogens is 324 g/mol. The molecule has 0 aliphatic rings. The van der Waals surface area contributed by atoms with Crippen LogP contribution in [0.4, 0.5) is 5.82 Å². The van der Waals surface area contributed by atoms with E-state index in [-0.39, 0.29) is 0 Å². The summed E-state index contributed by atoms with van der Waals surface area (Å²) in [5.41, 5.74) is 5.54. The number of halogens is 1. The molecular formula is C18H15ClN4O. The summed E-state index contributed by atoms with van der Waals surface area (Å²) >= 11 is 5.88. The highest BCUT2D eigenvalue weighted by Gasteiger charge is 2.00. The van der Waals surface area contributed by atoms with Crippen LogP contribution in [0.15, 0.2) is 65.8 Å². The van der Waals surface area contributed by atoms with Crippen molar-refractivity contribution in [1.82, 2.24) is 10.2 Å². The molecule has 3 rings (SSSR count). The summed E-state index contributed by atoms with van der Waals surface area (Å²) in [5, 5.41) is 13.1. The zero-order valence-corrected chi connectivity index (χ0v) is 13.7. The molecule has 0 fully saturated rings. The second-order valence-electron chi connectivity index (χ2n) is 4.95. The first kappa shape index (κ1) is 16.0. The first-order chi connectivity index (χ1) is 11.7. The zero-order chi connectivity index (χ0) is 16.8. The quantitative estimate of drug-likeness (QED) is 0.558. The van der Waals surface area contributed by atoms with Crippen LogP contribution in [0, 0.1) is 0 Å². The van der Waals surface area contributed by atoms with Gasteiger partial charge in [-0.2, -0.15) is 5.10 Å². The topological polar surface area (TPSA) is 59.4 Å². The van der Waals surface area contributed by atoms with Crippen molar-refractivity contribution < 1.29 is 4.74 Å². The Morgan fingerprint density at radius 2 is 1.71 bits per heavy atom. The Bertz CT molecular complexity index is 815. The molecule has 0 aliphatic heterocycles. The second-order valence-corrected chi connectivity index (χ2v) is 5.39. The summed E-state index contributed by atoms with van der Waals surface area (Å²) in [6.45, 7) is 0. The number of hydrogen-bond donors (Lipinski definition) is 1. The molecule has 0 saturated heterocycles. The van der Waals surface area contributed by atoms with Gasteiger partial charge in [0.15, 0.2) is 5.82 Å². The van der Waals surface area contributed by atoms with Gasteiger partial charge in [-0.15, -0.1) is 10.2 Å². The first-order valence-corrected chi connectivity index (χ1v) is 7.65. The van der Waals surface area contributed by atoms with Crippen LogP contribution in [0.3, 0.4) is 0 Å². The van der Waals surface area contributed by atoms with Gasteiger partial charge in [0.1, 0.15) is 5.75 Å². The molecule has 120 valence electrons. The smallest absolute Gasteiger partial charge is 0.168 e. The van der Waals surface area contributed by atoms with Crippen LogP contribution in [0.2, 0.25) is 5.02 Å². The summed E-state index contributed by atoms with van der Waals surface area (Å²) in [5.74, 6) is 1.38. The molecule has 0 bridgehead atoms. The van der Waals surface area contributed by atoms with Gasteiger partial charge in [-0.1, -0.05) is 23.7 Å². The van der Waals surface area contributed by atoms with E-state index in [0.717, 1.165) is 22.6 Å². The van der Waals surface area contributed by atoms with Crippen LogP contribution < -0.4 is 10.2 Å². The van der Waals surface area contributed by atoms with E-state index >= 15 is 0 Å². The maximum absolute atomic E-state index is 5.88. The van der Waals surface area contributed by atoms with Crippen LogP contribution in [0.1, 0.15) is 5.56 Å². The highest BCUT2D eigenvalue weighted by molar-refractivity contribution is 6.30. The third-order valence-electron chi connectivity index (χ3n) is 3.31. The molecule has 2 aromatic carbocycles. The third-order valence-corrected chi connectivity index (χ3v) is 3.57. The monoisotopic (exact) mass is 338 g/mol. The van der Waals surface area contributed by atoms with Crippen LogP contribution in [0.5, 0.6) is 5.75 Å². The van der Waals surface area contributed by atoms with Gasteiger partial charge in [0.25, 0.3) is 0 Å². The van der Waals surface area contributed by atoms with Crippen LogP contribution in [-0.2, 0) is 0 Å². The minimum absolute atomic E-state index is 0.567. The Morgan fingerprint density at radius 3 is 2.33 bits per heavy atom. The third kappa shape index (κ3) is 4.08. The van der Waals surface area contributed by atoms with Crippen LogP contribution in [0.25, 0.3) is 11.3 Å². The number of nitrogens with one attached hydrogen (secondary N) is 1. The number of hydrogen-bond acceptors (Lipinski definition) is 5. The molecule has 0 spiro atoms. The van der Waals surface area contributed by atoms with Crippen molar-refractivity contribution in [2.45, 2.75) is 0 Å². The number of ether oxygens (including phenoxy) is 1. The van der Waals surface area contributed by atoms with Crippen molar-refractivity contribution in [3.63, 3.8) is 0 Å². The minimum Gasteiger partial charge on any atom is -0.497 e. The summed E-state index contributed by atoms with van der Waals surface area (Å²) < 4.78 is 5.11. The lowest BCUT2D eigenvalue weighted by Gasteiger charge is -2.02. The van der Waals surface area contributed by atoms with Crippen LogP contribution >= 0.6 is 11.6 Å². The number of rotatable bonds is 5. The Hall–Kier alpha value is -2.92. The maximum atomic E-state index is 5.88.